The molecule has 4 aliphatic heterocycles. The van der Waals surface area contributed by atoms with Crippen molar-refractivity contribution in [2.45, 2.75) is 98.2 Å². The Kier molecular flexibility index (Phi) is 19.7. The van der Waals surface area contributed by atoms with Gasteiger partial charge in [-0.15, -0.1) is 0 Å². The molecule has 34 nitrogen and oxygen atoms in total. The van der Waals surface area contributed by atoms with E-state index < -0.39 is 118 Å². The summed E-state index contributed by atoms with van der Waals surface area (Å²) in [5.41, 5.74) is 29.6. The van der Waals surface area contributed by atoms with Crippen molar-refractivity contribution in [1.29, 1.82) is 5.41 Å². The van der Waals surface area contributed by atoms with Crippen molar-refractivity contribution >= 4 is 148 Å². The number of amidine groups is 1. The zero-order valence-electron chi connectivity index (χ0n) is 43.0. The molecule has 12 rings (SSSR count). The summed E-state index contributed by atoms with van der Waals surface area (Å²) >= 11 is 12.8. The van der Waals surface area contributed by atoms with Crippen molar-refractivity contribution in [2.75, 3.05) is 49.4 Å². The van der Waals surface area contributed by atoms with E-state index in [-0.39, 0.29) is 66.6 Å². The Balaban J connectivity index is 0.000000161. The van der Waals surface area contributed by atoms with Crippen molar-refractivity contribution in [2.24, 2.45) is 5.73 Å². The van der Waals surface area contributed by atoms with Gasteiger partial charge in [0.15, 0.2) is 18.4 Å². The Morgan fingerprint density at radius 3 is 1.19 bits per heavy atom. The minimum absolute atomic E-state index is 0.00538. The molecule has 39 heteroatoms. The second-order valence-electron chi connectivity index (χ2n) is 18.9. The van der Waals surface area contributed by atoms with Gasteiger partial charge in [-0.1, -0.05) is 23.8 Å². The second-order valence-corrected chi connectivity index (χ2v) is 26.5. The van der Waals surface area contributed by atoms with Gasteiger partial charge in [-0.3, -0.25) is 0 Å². The van der Waals surface area contributed by atoms with E-state index in [0.717, 1.165) is 0 Å². The summed E-state index contributed by atoms with van der Waals surface area (Å²) in [6.07, 6.45) is -10.4. The van der Waals surface area contributed by atoms with Crippen molar-refractivity contribution in [3.05, 3.63) is 58.8 Å². The summed E-state index contributed by atoms with van der Waals surface area (Å²) in [6, 6.07) is 6.93. The molecule has 0 amide bonds. The van der Waals surface area contributed by atoms with E-state index in [2.05, 4.69) is 61.6 Å². The first-order valence-electron chi connectivity index (χ1n) is 24.8. The van der Waals surface area contributed by atoms with Gasteiger partial charge in [0, 0.05) is 12.4 Å². The molecule has 1 radical (unpaired) electrons. The third kappa shape index (κ3) is 12.4. The van der Waals surface area contributed by atoms with Gasteiger partial charge in [0.2, 0.25) is 5.95 Å². The number of hydrogen-bond donors (Lipinski definition) is 19. The number of nitrogens with zero attached hydrogens (tertiary/aromatic N) is 11. The number of halogens is 1. The first-order valence-corrected chi connectivity index (χ1v) is 32.5. The molecule has 12 heterocycles. The van der Waals surface area contributed by atoms with Crippen LogP contribution in [0.5, 0.6) is 0 Å². The van der Waals surface area contributed by atoms with Crippen LogP contribution in [-0.2, 0) is 18.9 Å². The van der Waals surface area contributed by atoms with Gasteiger partial charge in [-0.25, -0.2) is 9.97 Å². The van der Waals surface area contributed by atoms with Crippen LogP contribution in [0.15, 0.2) is 49.1 Å². The molecule has 16 atom stereocenters. The summed E-state index contributed by atoms with van der Waals surface area (Å²) in [7, 11) is 0. The van der Waals surface area contributed by atoms with Gasteiger partial charge in [-0.2, -0.15) is 4.98 Å². The molecule has 0 spiro atoms. The molecule has 4 unspecified atom stereocenters. The Morgan fingerprint density at radius 2 is 0.833 bits per heavy atom. The normalized spacial score (nSPS) is 29.2. The zero-order valence-corrected chi connectivity index (χ0v) is 49.7. The molecule has 4 fully saturated rings. The van der Waals surface area contributed by atoms with Crippen LogP contribution in [0.2, 0.25) is 5.15 Å². The van der Waals surface area contributed by atoms with Gasteiger partial charge < -0.3 is 65.7 Å². The minimum atomic E-state index is -1.28. The monoisotopic (exact) mass is 1410 g/mol. The molecular weight excluding hydrogens is 1350 g/mol. The van der Waals surface area contributed by atoms with Crippen LogP contribution in [0.25, 0.3) is 44.1 Å². The fourth-order valence-electron chi connectivity index (χ4n) is 9.60. The second kappa shape index (κ2) is 26.3. The standard InChI is InChI=1S/C22H26N8O8Se2.C11H13ClN4O4.C11H14N4O4S.CH3N2Se/c23-21-25-15-7(1-3-29(15)19-13(35)11(33)9(5-31)37-19)17(27-21)39-40-18-8-2-4-30(16(8)26-22(24)28-18)20-14(36)12(34)10(6-32)38-20;12-8-4-1-2-16(9(4)15-11(13)14-8)10-7(19)6(18)5(3-17)20-10;12-11-13-8-4(9(20)14-11)1-2-15(8)10-7(18)6(17)5(3-16)19-10;2-1(3)4/h1-4,9-14,19-20,31-36H,5-6H2,(H2,23,25,27)(H2,24,26,28);1-2,5-7,10,17-19H,3H2,(H2,13,14,15);1-2,5-7,10,16-18H,3H2,(H3,12,13,14,20);(H3,2,3)/t9-,10-,11-,12-,13-,14-,19?,20?;2*5-,6-,7-,10?;/m111./s1. The van der Waals surface area contributed by atoms with E-state index in [1.165, 1.54) is 4.57 Å². The SMILES string of the molecule is N=C(N)[Se].Nc1nc(=S)c2ccn(C3O[C@H](CO)[C@@H](O)[C@H]3O)c2[nH]1.Nc1nc(Cl)c2ccn(C3O[C@H](CO)[C@@H](O)[C@H]3O)c2n1.Nc1nc([Se][Se]c2nc(N)nc3c2ccn3C2O[C@H](CO)[C@@H](O)[C@H]2O)c2ccn(C3O[C@H](CO)[C@@H](O)[C@H]3O)c2n1. The summed E-state index contributed by atoms with van der Waals surface area (Å²) in [5.74, 6) is 0.188. The van der Waals surface area contributed by atoms with E-state index in [9.17, 15) is 51.1 Å². The number of anilines is 4. The van der Waals surface area contributed by atoms with Crippen LogP contribution in [0.4, 0.5) is 23.8 Å². The molecule has 0 saturated carbocycles. The zero-order chi connectivity index (χ0) is 60.7. The van der Waals surface area contributed by atoms with Crippen LogP contribution in [0.1, 0.15) is 24.9 Å². The van der Waals surface area contributed by atoms with Gasteiger partial charge in [0.25, 0.3) is 0 Å². The number of nitrogen functional groups attached to an aromatic ring is 4. The van der Waals surface area contributed by atoms with Gasteiger partial charge in [0.05, 0.1) is 24.0 Å². The predicted molar refractivity (Wildman–Crippen MR) is 301 cm³/mol. The molecule has 453 valence electrons. The van der Waals surface area contributed by atoms with E-state index in [1.54, 1.807) is 62.8 Å². The van der Waals surface area contributed by atoms with E-state index >= 15 is 0 Å². The van der Waals surface area contributed by atoms with Crippen LogP contribution in [0, 0.1) is 10.0 Å². The van der Waals surface area contributed by atoms with Gasteiger partial charge in [-0.05, 0) is 12.1 Å². The molecule has 24 N–H and O–H groups in total. The summed E-state index contributed by atoms with van der Waals surface area (Å²) in [6.45, 7) is -1.68. The molecule has 4 saturated heterocycles. The van der Waals surface area contributed by atoms with E-state index in [1.807, 2.05) is 0 Å². The summed E-state index contributed by atoms with van der Waals surface area (Å²) in [4.78, 5) is 32.2. The van der Waals surface area contributed by atoms with Gasteiger partial charge >= 0.3 is 269 Å². The molecule has 84 heavy (non-hydrogen) atoms. The molecular formula is C45H56ClN18O16SSe3. The van der Waals surface area contributed by atoms with Crippen LogP contribution in [0.3, 0.4) is 0 Å². The molecule has 0 aliphatic carbocycles. The molecule has 8 aromatic heterocycles. The number of fused-ring (bicyclic) bond motifs is 4. The first-order chi connectivity index (χ1) is 40.0. The van der Waals surface area contributed by atoms with Gasteiger partial charge in [0.1, 0.15) is 57.7 Å². The molecule has 4 aliphatic rings. The topological polar surface area (TPSA) is 559 Å². The van der Waals surface area contributed by atoms with Crippen LogP contribution >= 0.6 is 23.8 Å². The maximum atomic E-state index is 10.5. The number of aromatic nitrogens is 12. The number of nitrogens with two attached hydrogens (primary N) is 5. The number of aromatic amines is 1. The number of aliphatic hydroxyl groups is 12. The summed E-state index contributed by atoms with van der Waals surface area (Å²) in [5, 5.41) is 127. The Hall–Kier alpha value is -5.42. The Morgan fingerprint density at radius 1 is 0.524 bits per heavy atom. The molecule has 8 aromatic rings. The number of rotatable bonds is 11. The number of ether oxygens (including phenoxy) is 4. The van der Waals surface area contributed by atoms with E-state index in [4.69, 9.17) is 81.3 Å². The van der Waals surface area contributed by atoms with Crippen LogP contribution < -0.4 is 37.9 Å². The van der Waals surface area contributed by atoms with Crippen molar-refractivity contribution in [3.63, 3.8) is 0 Å². The molecule has 0 aromatic carbocycles. The molecule has 0 bridgehead atoms. The number of nitrogens with one attached hydrogen (secondary N) is 2. The number of H-pyrrole nitrogens is 1. The van der Waals surface area contributed by atoms with Crippen LogP contribution in [-0.4, -0.2) is 266 Å². The average Bonchev–Trinajstić information content (AvgIpc) is 2.89. The fraction of sp³-hybridized carbons (Fsp3) is 0.444. The average molecular weight is 1410 g/mol. The quantitative estimate of drug-likeness (QED) is 0.0188. The Labute approximate surface area is 501 Å². The first kappa shape index (κ1) is 63.1. The summed E-state index contributed by atoms with van der Waals surface area (Å²) < 4.78 is 30.2. The van der Waals surface area contributed by atoms with Crippen molar-refractivity contribution < 1.29 is 80.2 Å². The van der Waals surface area contributed by atoms with Crippen molar-refractivity contribution in [1.82, 2.24) is 58.1 Å². The third-order valence-corrected chi connectivity index (χ3v) is 20.7. The maximum absolute atomic E-state index is 10.5. The third-order valence-electron chi connectivity index (χ3n) is 13.6. The number of hydrogen-bond acceptors (Lipinski definition) is 29. The number of aliphatic hydroxyl groups excluding tert-OH is 12. The van der Waals surface area contributed by atoms with E-state index in [0.29, 0.717) is 58.0 Å². The Bertz CT molecular complexity index is 3600. The van der Waals surface area contributed by atoms with Crippen molar-refractivity contribution in [3.8, 4) is 0 Å². The predicted octanol–water partition coefficient (Wildman–Crippen LogP) is -7.55. The fourth-order valence-corrected chi connectivity index (χ4v) is 16.5.